The largest absolute Gasteiger partial charge is 0.389 e. The first-order valence-electron chi connectivity index (χ1n) is 6.26. The summed E-state index contributed by atoms with van der Waals surface area (Å²) in [6.45, 7) is 6.23. The van der Waals surface area contributed by atoms with Crippen LogP contribution in [0.2, 0.25) is 0 Å². The van der Waals surface area contributed by atoms with E-state index in [2.05, 4.69) is 4.98 Å². The van der Waals surface area contributed by atoms with Crippen molar-refractivity contribution in [3.8, 4) is 0 Å². The Labute approximate surface area is 113 Å². The number of likely N-dealkylation sites (N-methyl/N-ethyl adjacent to an activating group) is 1. The first-order valence-corrected chi connectivity index (χ1v) is 6.26. The SMILES string of the molecule is CC(CN(C)CC(C)(C)O)C(=O)c1ccc(F)cn1. The maximum atomic E-state index is 12.7. The third kappa shape index (κ3) is 5.44. The fraction of sp³-hybridized carbons (Fsp3) is 0.571. The predicted molar refractivity (Wildman–Crippen MR) is 71.5 cm³/mol. The molecule has 1 aromatic heterocycles. The number of Topliss-reactive ketones (excluding diaryl/α,β-unsaturated/α-hetero) is 1. The van der Waals surface area contributed by atoms with Crippen LogP contribution in [0.4, 0.5) is 4.39 Å². The molecular formula is C14H21FN2O2. The molecule has 106 valence electrons. The molecule has 0 bridgehead atoms. The Morgan fingerprint density at radius 2 is 2.16 bits per heavy atom. The van der Waals surface area contributed by atoms with Crippen LogP contribution in [0.3, 0.4) is 0 Å². The number of hydrogen-bond acceptors (Lipinski definition) is 4. The zero-order valence-electron chi connectivity index (χ0n) is 11.9. The average Bonchev–Trinajstić information content (AvgIpc) is 2.26. The molecular weight excluding hydrogens is 247 g/mol. The van der Waals surface area contributed by atoms with E-state index in [1.165, 1.54) is 12.1 Å². The van der Waals surface area contributed by atoms with E-state index in [0.717, 1.165) is 6.20 Å². The third-order valence-electron chi connectivity index (χ3n) is 2.67. The summed E-state index contributed by atoms with van der Waals surface area (Å²) in [6, 6.07) is 2.62. The summed E-state index contributed by atoms with van der Waals surface area (Å²) < 4.78 is 12.7. The van der Waals surface area contributed by atoms with Crippen molar-refractivity contribution in [3.63, 3.8) is 0 Å². The number of halogens is 1. The second-order valence-corrected chi connectivity index (χ2v) is 5.64. The molecule has 0 fully saturated rings. The molecule has 0 saturated heterocycles. The minimum atomic E-state index is -0.800. The number of hydrogen-bond donors (Lipinski definition) is 1. The first kappa shape index (κ1) is 15.7. The Hall–Kier alpha value is -1.33. The molecule has 0 saturated carbocycles. The van der Waals surface area contributed by atoms with Crippen LogP contribution >= 0.6 is 0 Å². The molecule has 0 aromatic carbocycles. The van der Waals surface area contributed by atoms with Crippen LogP contribution in [0.1, 0.15) is 31.3 Å². The summed E-state index contributed by atoms with van der Waals surface area (Å²) in [4.78, 5) is 17.8. The van der Waals surface area contributed by atoms with Gasteiger partial charge in [-0.2, -0.15) is 0 Å². The number of pyridine rings is 1. The lowest BCUT2D eigenvalue weighted by Gasteiger charge is -2.27. The van der Waals surface area contributed by atoms with Gasteiger partial charge >= 0.3 is 0 Å². The van der Waals surface area contributed by atoms with Gasteiger partial charge in [-0.25, -0.2) is 4.39 Å². The van der Waals surface area contributed by atoms with Gasteiger partial charge in [0.05, 0.1) is 11.8 Å². The van der Waals surface area contributed by atoms with Crippen molar-refractivity contribution in [2.24, 2.45) is 5.92 Å². The van der Waals surface area contributed by atoms with Crippen LogP contribution in [-0.4, -0.2) is 46.5 Å². The Balaban J connectivity index is 2.60. The lowest BCUT2D eigenvalue weighted by molar-refractivity contribution is 0.0399. The number of carbonyl (C=O) groups excluding carboxylic acids is 1. The van der Waals surface area contributed by atoms with Crippen molar-refractivity contribution in [2.75, 3.05) is 20.1 Å². The van der Waals surface area contributed by atoms with Crippen molar-refractivity contribution in [3.05, 3.63) is 29.8 Å². The number of aliphatic hydroxyl groups is 1. The van der Waals surface area contributed by atoms with Crippen molar-refractivity contribution >= 4 is 5.78 Å². The van der Waals surface area contributed by atoms with E-state index in [0.29, 0.717) is 13.1 Å². The van der Waals surface area contributed by atoms with E-state index in [4.69, 9.17) is 0 Å². The molecule has 19 heavy (non-hydrogen) atoms. The summed E-state index contributed by atoms with van der Waals surface area (Å²) in [7, 11) is 1.85. The normalized spacial score (nSPS) is 13.6. The number of ketones is 1. The maximum Gasteiger partial charge on any atom is 0.185 e. The van der Waals surface area contributed by atoms with E-state index in [-0.39, 0.29) is 17.4 Å². The number of aromatic nitrogens is 1. The van der Waals surface area contributed by atoms with Gasteiger partial charge in [-0.05, 0) is 33.0 Å². The van der Waals surface area contributed by atoms with Gasteiger partial charge in [0.15, 0.2) is 5.78 Å². The highest BCUT2D eigenvalue weighted by atomic mass is 19.1. The van der Waals surface area contributed by atoms with Crippen molar-refractivity contribution in [1.29, 1.82) is 0 Å². The third-order valence-corrected chi connectivity index (χ3v) is 2.67. The average molecular weight is 268 g/mol. The van der Waals surface area contributed by atoms with Gasteiger partial charge in [-0.3, -0.25) is 9.78 Å². The molecule has 1 unspecified atom stereocenters. The molecule has 0 aliphatic rings. The fourth-order valence-electron chi connectivity index (χ4n) is 2.05. The van der Waals surface area contributed by atoms with E-state index in [9.17, 15) is 14.3 Å². The van der Waals surface area contributed by atoms with E-state index in [1.807, 2.05) is 11.9 Å². The molecule has 1 rings (SSSR count). The molecule has 5 heteroatoms. The molecule has 0 aliphatic heterocycles. The molecule has 0 spiro atoms. The Kier molecular flexibility index (Phi) is 5.14. The Bertz CT molecular complexity index is 426. The summed E-state index contributed by atoms with van der Waals surface area (Å²) in [5.41, 5.74) is -0.531. The zero-order valence-corrected chi connectivity index (χ0v) is 11.9. The van der Waals surface area contributed by atoms with Crippen LogP contribution in [0, 0.1) is 11.7 Å². The van der Waals surface area contributed by atoms with Crippen molar-refractivity contribution in [1.82, 2.24) is 9.88 Å². The molecule has 0 aliphatic carbocycles. The summed E-state index contributed by atoms with van der Waals surface area (Å²) in [6.07, 6.45) is 1.04. The minimum Gasteiger partial charge on any atom is -0.389 e. The Morgan fingerprint density at radius 1 is 1.53 bits per heavy atom. The summed E-state index contributed by atoms with van der Waals surface area (Å²) in [5, 5.41) is 9.71. The van der Waals surface area contributed by atoms with Crippen LogP contribution in [0.25, 0.3) is 0 Å². The van der Waals surface area contributed by atoms with Gasteiger partial charge in [0, 0.05) is 19.0 Å². The predicted octanol–water partition coefficient (Wildman–Crippen LogP) is 1.74. The van der Waals surface area contributed by atoms with E-state index >= 15 is 0 Å². The topological polar surface area (TPSA) is 53.4 Å². The smallest absolute Gasteiger partial charge is 0.185 e. The number of carbonyl (C=O) groups is 1. The molecule has 0 amide bonds. The van der Waals surface area contributed by atoms with Crippen LogP contribution in [0.5, 0.6) is 0 Å². The van der Waals surface area contributed by atoms with E-state index < -0.39 is 11.4 Å². The van der Waals surface area contributed by atoms with Crippen molar-refractivity contribution < 1.29 is 14.3 Å². The molecule has 0 radical (unpaired) electrons. The minimum absolute atomic E-state index is 0.123. The van der Waals surface area contributed by atoms with Gasteiger partial charge in [0.2, 0.25) is 0 Å². The standard InChI is InChI=1S/C14H21FN2O2/c1-10(8-17(4)9-14(2,3)19)13(18)12-6-5-11(15)7-16-12/h5-7,10,19H,8-9H2,1-4H3. The van der Waals surface area contributed by atoms with Crippen LogP contribution in [0.15, 0.2) is 18.3 Å². The zero-order chi connectivity index (χ0) is 14.6. The quantitative estimate of drug-likeness (QED) is 0.799. The second kappa shape index (κ2) is 6.21. The Morgan fingerprint density at radius 3 is 2.63 bits per heavy atom. The highest BCUT2D eigenvalue weighted by Gasteiger charge is 2.21. The van der Waals surface area contributed by atoms with Crippen molar-refractivity contribution in [2.45, 2.75) is 26.4 Å². The van der Waals surface area contributed by atoms with Crippen LogP contribution < -0.4 is 0 Å². The summed E-state index contributed by atoms with van der Waals surface area (Å²) in [5.74, 6) is -0.837. The number of rotatable bonds is 6. The molecule has 1 heterocycles. The van der Waals surface area contributed by atoms with Gasteiger partial charge in [0.25, 0.3) is 0 Å². The van der Waals surface area contributed by atoms with E-state index in [1.54, 1.807) is 20.8 Å². The van der Waals surface area contributed by atoms with Gasteiger partial charge in [-0.1, -0.05) is 6.92 Å². The van der Waals surface area contributed by atoms with Gasteiger partial charge in [-0.15, -0.1) is 0 Å². The molecule has 1 N–H and O–H groups in total. The fourth-order valence-corrected chi connectivity index (χ4v) is 2.05. The lowest BCUT2D eigenvalue weighted by atomic mass is 10.0. The molecule has 1 atom stereocenters. The monoisotopic (exact) mass is 268 g/mol. The molecule has 1 aromatic rings. The highest BCUT2D eigenvalue weighted by Crippen LogP contribution is 2.10. The van der Waals surface area contributed by atoms with Gasteiger partial charge < -0.3 is 10.0 Å². The van der Waals surface area contributed by atoms with Crippen LogP contribution in [-0.2, 0) is 0 Å². The second-order valence-electron chi connectivity index (χ2n) is 5.64. The van der Waals surface area contributed by atoms with Gasteiger partial charge in [0.1, 0.15) is 11.5 Å². The highest BCUT2D eigenvalue weighted by molar-refractivity contribution is 5.95. The first-order chi connectivity index (χ1) is 8.69. The maximum absolute atomic E-state index is 12.7. The molecule has 4 nitrogen and oxygen atoms in total. The summed E-state index contributed by atoms with van der Waals surface area (Å²) >= 11 is 0. The number of nitrogens with zero attached hydrogens (tertiary/aromatic N) is 2. The lowest BCUT2D eigenvalue weighted by Crippen LogP contribution is -2.39.